The first-order valence-electron chi connectivity index (χ1n) is 11.6. The van der Waals surface area contributed by atoms with E-state index >= 15 is 0 Å². The molecule has 202 valence electrons. The number of rotatable bonds is 4. The lowest BCUT2D eigenvalue weighted by molar-refractivity contribution is -0.193. The molecule has 0 aliphatic heterocycles. The van der Waals surface area contributed by atoms with E-state index in [9.17, 15) is 8.78 Å². The van der Waals surface area contributed by atoms with Crippen LogP contribution in [0.25, 0.3) is 22.3 Å². The lowest BCUT2D eigenvalue weighted by Crippen LogP contribution is -1.91. The lowest BCUT2D eigenvalue weighted by Gasteiger charge is -2.09. The van der Waals surface area contributed by atoms with Crippen molar-refractivity contribution >= 4 is 12.3 Å². The summed E-state index contributed by atoms with van der Waals surface area (Å²) in [5.74, 6) is -0.433. The first kappa shape index (κ1) is 32.4. The summed E-state index contributed by atoms with van der Waals surface area (Å²) < 4.78 is 27.4. The van der Waals surface area contributed by atoms with Crippen LogP contribution in [0.15, 0.2) is 78.9 Å². The SMILES string of the molecule is Cc1ccc(F)c(-c2ccc(CO)cc2)c1.Cc1ccc(F)c(-c2ccc(CO)cc2C)c1.O=C=O.O=C=O. The lowest BCUT2D eigenvalue weighted by atomic mass is 9.97. The van der Waals surface area contributed by atoms with Crippen LogP contribution in [-0.2, 0) is 32.4 Å². The van der Waals surface area contributed by atoms with Gasteiger partial charge >= 0.3 is 12.3 Å². The van der Waals surface area contributed by atoms with Gasteiger partial charge in [-0.3, -0.25) is 0 Å². The van der Waals surface area contributed by atoms with Crippen LogP contribution in [0.2, 0.25) is 0 Å². The molecule has 0 radical (unpaired) electrons. The predicted octanol–water partition coefficient (Wildman–Crippen LogP) is 5.73. The van der Waals surface area contributed by atoms with Crippen LogP contribution < -0.4 is 0 Å². The molecule has 39 heavy (non-hydrogen) atoms. The van der Waals surface area contributed by atoms with Crippen molar-refractivity contribution in [1.29, 1.82) is 0 Å². The van der Waals surface area contributed by atoms with Gasteiger partial charge in [0.25, 0.3) is 0 Å². The summed E-state index contributed by atoms with van der Waals surface area (Å²) >= 11 is 0. The molecule has 0 atom stereocenters. The summed E-state index contributed by atoms with van der Waals surface area (Å²) in [6.07, 6.45) is 0.500. The minimum Gasteiger partial charge on any atom is -0.392 e. The zero-order valence-corrected chi connectivity index (χ0v) is 21.7. The number of hydrogen-bond donors (Lipinski definition) is 2. The van der Waals surface area contributed by atoms with Gasteiger partial charge in [-0.25, -0.2) is 8.78 Å². The highest BCUT2D eigenvalue weighted by Gasteiger charge is 2.08. The van der Waals surface area contributed by atoms with Crippen molar-refractivity contribution < 1.29 is 38.2 Å². The highest BCUT2D eigenvalue weighted by molar-refractivity contribution is 5.69. The fourth-order valence-electron chi connectivity index (χ4n) is 3.62. The Bertz CT molecular complexity index is 1410. The van der Waals surface area contributed by atoms with Crippen molar-refractivity contribution in [3.63, 3.8) is 0 Å². The number of halogens is 2. The summed E-state index contributed by atoms with van der Waals surface area (Å²) in [6.45, 7) is 5.83. The molecular weight excluding hydrogens is 506 g/mol. The average molecular weight is 535 g/mol. The van der Waals surface area contributed by atoms with E-state index in [0.717, 1.165) is 38.9 Å². The van der Waals surface area contributed by atoms with Gasteiger partial charge in [0.2, 0.25) is 0 Å². The van der Waals surface area contributed by atoms with Crippen molar-refractivity contribution in [2.45, 2.75) is 34.0 Å². The predicted molar refractivity (Wildman–Crippen MR) is 140 cm³/mol. The molecule has 0 aromatic heterocycles. The maximum Gasteiger partial charge on any atom is 0.373 e. The molecule has 0 fully saturated rings. The Balaban J connectivity index is 0.000000325. The summed E-state index contributed by atoms with van der Waals surface area (Å²) in [4.78, 5) is 32.5. The molecule has 0 unspecified atom stereocenters. The van der Waals surface area contributed by atoms with Crippen LogP contribution in [0.1, 0.15) is 27.8 Å². The van der Waals surface area contributed by atoms with Crippen LogP contribution >= 0.6 is 0 Å². The highest BCUT2D eigenvalue weighted by atomic mass is 19.1. The van der Waals surface area contributed by atoms with Crippen LogP contribution in [-0.4, -0.2) is 22.5 Å². The normalized spacial score (nSPS) is 9.31. The molecule has 0 aliphatic rings. The van der Waals surface area contributed by atoms with Gasteiger partial charge in [0.15, 0.2) is 0 Å². The van der Waals surface area contributed by atoms with Gasteiger partial charge in [0, 0.05) is 11.1 Å². The van der Waals surface area contributed by atoms with E-state index in [4.69, 9.17) is 29.4 Å². The van der Waals surface area contributed by atoms with Crippen LogP contribution in [0, 0.1) is 32.4 Å². The average Bonchev–Trinajstić information content (AvgIpc) is 2.93. The molecule has 0 amide bonds. The number of hydrogen-bond acceptors (Lipinski definition) is 6. The molecule has 6 nitrogen and oxygen atoms in total. The highest BCUT2D eigenvalue weighted by Crippen LogP contribution is 2.28. The number of aliphatic hydroxyl groups is 2. The molecule has 4 aromatic rings. The molecule has 0 saturated carbocycles. The summed E-state index contributed by atoms with van der Waals surface area (Å²) in [5.41, 5.74) is 7.64. The zero-order chi connectivity index (χ0) is 29.4. The van der Waals surface area contributed by atoms with E-state index in [1.807, 2.05) is 63.2 Å². The Morgan fingerprint density at radius 1 is 0.564 bits per heavy atom. The van der Waals surface area contributed by atoms with Crippen molar-refractivity contribution in [2.24, 2.45) is 0 Å². The van der Waals surface area contributed by atoms with E-state index in [1.54, 1.807) is 24.3 Å². The zero-order valence-electron chi connectivity index (χ0n) is 21.7. The summed E-state index contributed by atoms with van der Waals surface area (Å²) in [6, 6.07) is 23.0. The molecule has 4 rings (SSSR count). The van der Waals surface area contributed by atoms with Gasteiger partial charge in [0.1, 0.15) is 11.6 Å². The van der Waals surface area contributed by atoms with Gasteiger partial charge in [-0.1, -0.05) is 65.7 Å². The van der Waals surface area contributed by atoms with Crippen molar-refractivity contribution in [1.82, 2.24) is 0 Å². The van der Waals surface area contributed by atoms with E-state index in [0.29, 0.717) is 11.1 Å². The third-order valence-corrected chi connectivity index (χ3v) is 5.45. The van der Waals surface area contributed by atoms with E-state index in [1.165, 1.54) is 12.1 Å². The van der Waals surface area contributed by atoms with Crippen molar-refractivity contribution in [3.8, 4) is 22.3 Å². The van der Waals surface area contributed by atoms with Crippen LogP contribution in [0.5, 0.6) is 0 Å². The van der Waals surface area contributed by atoms with Crippen LogP contribution in [0.4, 0.5) is 8.78 Å². The minimum absolute atomic E-state index is 0.0105. The molecule has 2 N–H and O–H groups in total. The number of aryl methyl sites for hydroxylation is 3. The first-order valence-corrected chi connectivity index (χ1v) is 11.6. The van der Waals surface area contributed by atoms with Gasteiger partial charge in [-0.15, -0.1) is 0 Å². The molecule has 0 bridgehead atoms. The second-order valence-corrected chi connectivity index (χ2v) is 8.30. The Hall–Kier alpha value is -4.58. The molecule has 0 spiro atoms. The van der Waals surface area contributed by atoms with E-state index < -0.39 is 0 Å². The third kappa shape index (κ3) is 10.4. The second-order valence-electron chi connectivity index (χ2n) is 8.30. The largest absolute Gasteiger partial charge is 0.392 e. The van der Waals surface area contributed by atoms with Crippen molar-refractivity contribution in [2.75, 3.05) is 0 Å². The van der Waals surface area contributed by atoms with Crippen LogP contribution in [0.3, 0.4) is 0 Å². The first-order chi connectivity index (χ1) is 18.6. The Morgan fingerprint density at radius 3 is 1.46 bits per heavy atom. The number of benzene rings is 4. The maximum atomic E-state index is 13.8. The van der Waals surface area contributed by atoms with Gasteiger partial charge in [-0.05, 0) is 72.9 Å². The topological polar surface area (TPSA) is 109 Å². The second kappa shape index (κ2) is 17.0. The fraction of sp³-hybridized carbons (Fsp3) is 0.161. The van der Waals surface area contributed by atoms with Gasteiger partial charge < -0.3 is 10.2 Å². The number of aliphatic hydroxyl groups excluding tert-OH is 2. The summed E-state index contributed by atoms with van der Waals surface area (Å²) in [5, 5.41) is 18.0. The quantitative estimate of drug-likeness (QED) is 0.346. The molecule has 8 heteroatoms. The minimum atomic E-state index is -0.220. The molecule has 0 aliphatic carbocycles. The third-order valence-electron chi connectivity index (χ3n) is 5.45. The summed E-state index contributed by atoms with van der Waals surface area (Å²) in [7, 11) is 0. The Labute approximate surface area is 225 Å². The van der Waals surface area contributed by atoms with E-state index in [-0.39, 0.29) is 37.2 Å². The molecular formula is C31H28F2O6. The Morgan fingerprint density at radius 2 is 1.00 bits per heavy atom. The van der Waals surface area contributed by atoms with Crippen molar-refractivity contribution in [3.05, 3.63) is 118 Å². The Kier molecular flexibility index (Phi) is 14.2. The van der Waals surface area contributed by atoms with Gasteiger partial charge in [-0.2, -0.15) is 19.2 Å². The molecule has 0 saturated heterocycles. The fourth-order valence-corrected chi connectivity index (χ4v) is 3.62. The smallest absolute Gasteiger partial charge is 0.373 e. The monoisotopic (exact) mass is 534 g/mol. The maximum absolute atomic E-state index is 13.8. The standard InChI is InChI=1S/C15H15FO.C14H13FO.2CO2/c1-10-3-6-15(16)14(7-10)13-5-4-12(9-17)8-11(13)2;1-10-2-7-14(15)13(8-10)12-5-3-11(9-16)4-6-12;2*2-1-3/h3-8,17H,9H2,1-2H3;2-8,16H,9H2,1H3;;. The number of carbonyl (C=O) groups excluding carboxylic acids is 4. The molecule has 0 heterocycles. The molecule has 4 aromatic carbocycles. The van der Waals surface area contributed by atoms with Gasteiger partial charge in [0.05, 0.1) is 13.2 Å². The van der Waals surface area contributed by atoms with E-state index in [2.05, 4.69) is 0 Å².